The molecule has 0 unspecified atom stereocenters. The molecule has 1 heterocycles. The van der Waals surface area contributed by atoms with Gasteiger partial charge in [0.2, 0.25) is 5.91 Å². The summed E-state index contributed by atoms with van der Waals surface area (Å²) in [6.45, 7) is 3.46. The second kappa shape index (κ2) is 5.35. The van der Waals surface area contributed by atoms with E-state index in [-0.39, 0.29) is 23.4 Å². The third-order valence-electron chi connectivity index (χ3n) is 3.29. The lowest BCUT2D eigenvalue weighted by molar-refractivity contribution is -0.120. The van der Waals surface area contributed by atoms with E-state index in [1.807, 2.05) is 6.92 Å². The van der Waals surface area contributed by atoms with Crippen LogP contribution in [-0.4, -0.2) is 26.1 Å². The summed E-state index contributed by atoms with van der Waals surface area (Å²) in [7, 11) is 1.50. The Morgan fingerprint density at radius 1 is 1.50 bits per heavy atom. The monoisotopic (exact) mass is 252 g/mol. The molecule has 5 heteroatoms. The van der Waals surface area contributed by atoms with E-state index in [1.165, 1.54) is 25.3 Å². The van der Waals surface area contributed by atoms with Crippen molar-refractivity contribution >= 4 is 11.6 Å². The third kappa shape index (κ3) is 2.61. The van der Waals surface area contributed by atoms with E-state index >= 15 is 0 Å². The average molecular weight is 252 g/mol. The van der Waals surface area contributed by atoms with Gasteiger partial charge in [0.05, 0.1) is 18.7 Å². The second-order valence-corrected chi connectivity index (χ2v) is 4.58. The van der Waals surface area contributed by atoms with Crippen molar-refractivity contribution in [2.24, 2.45) is 11.8 Å². The number of hydrogen-bond acceptors (Lipinski definition) is 3. The molecule has 0 saturated carbocycles. The zero-order valence-electron chi connectivity index (χ0n) is 10.5. The van der Waals surface area contributed by atoms with Crippen molar-refractivity contribution in [3.8, 4) is 5.75 Å². The van der Waals surface area contributed by atoms with E-state index in [0.717, 1.165) is 6.54 Å². The summed E-state index contributed by atoms with van der Waals surface area (Å²) in [6, 6.07) is 4.29. The van der Waals surface area contributed by atoms with E-state index in [4.69, 9.17) is 4.74 Å². The molecule has 1 aromatic rings. The van der Waals surface area contributed by atoms with Gasteiger partial charge in [0.25, 0.3) is 0 Å². The molecule has 0 bridgehead atoms. The minimum atomic E-state index is -0.456. The molecule has 1 aliphatic rings. The maximum absolute atomic E-state index is 13.6. The van der Waals surface area contributed by atoms with Crippen molar-refractivity contribution in [3.05, 3.63) is 24.0 Å². The van der Waals surface area contributed by atoms with Crippen molar-refractivity contribution in [3.63, 3.8) is 0 Å². The number of anilines is 1. The standard InChI is InChI=1S/C13H17FN2O2/c1-8-6-15-7-10(8)13(17)16-12-5-9(18-2)3-4-11(12)14/h3-5,8,10,15H,6-7H2,1-2H3,(H,16,17)/t8-,10-/m1/s1. The summed E-state index contributed by atoms with van der Waals surface area (Å²) in [5.74, 6) is 0.0565. The molecular weight excluding hydrogens is 235 g/mol. The van der Waals surface area contributed by atoms with Crippen molar-refractivity contribution < 1.29 is 13.9 Å². The Balaban J connectivity index is 2.11. The zero-order valence-corrected chi connectivity index (χ0v) is 10.5. The smallest absolute Gasteiger partial charge is 0.229 e. The largest absolute Gasteiger partial charge is 0.497 e. The summed E-state index contributed by atoms with van der Waals surface area (Å²) >= 11 is 0. The number of benzene rings is 1. The van der Waals surface area contributed by atoms with Crippen LogP contribution in [0.2, 0.25) is 0 Å². The van der Waals surface area contributed by atoms with Crippen LogP contribution in [0.1, 0.15) is 6.92 Å². The maximum atomic E-state index is 13.6. The van der Waals surface area contributed by atoms with Crippen molar-refractivity contribution in [1.82, 2.24) is 5.32 Å². The highest BCUT2D eigenvalue weighted by molar-refractivity contribution is 5.93. The fraction of sp³-hybridized carbons (Fsp3) is 0.462. The molecule has 1 aromatic carbocycles. The van der Waals surface area contributed by atoms with Gasteiger partial charge < -0.3 is 15.4 Å². The Morgan fingerprint density at radius 2 is 2.28 bits per heavy atom. The fourth-order valence-corrected chi connectivity index (χ4v) is 2.11. The second-order valence-electron chi connectivity index (χ2n) is 4.58. The van der Waals surface area contributed by atoms with Gasteiger partial charge in [0, 0.05) is 12.6 Å². The van der Waals surface area contributed by atoms with Crippen LogP contribution in [-0.2, 0) is 4.79 Å². The van der Waals surface area contributed by atoms with Gasteiger partial charge >= 0.3 is 0 Å². The van der Waals surface area contributed by atoms with Crippen LogP contribution in [0.3, 0.4) is 0 Å². The molecule has 18 heavy (non-hydrogen) atoms. The molecule has 0 spiro atoms. The molecule has 0 aromatic heterocycles. The van der Waals surface area contributed by atoms with E-state index in [9.17, 15) is 9.18 Å². The molecule has 2 rings (SSSR count). The third-order valence-corrected chi connectivity index (χ3v) is 3.29. The number of rotatable bonds is 3. The highest BCUT2D eigenvalue weighted by atomic mass is 19.1. The predicted octanol–water partition coefficient (Wildman–Crippen LogP) is 1.63. The molecule has 0 radical (unpaired) electrons. The summed E-state index contributed by atoms with van der Waals surface area (Å²) in [5.41, 5.74) is 0.165. The van der Waals surface area contributed by atoms with Gasteiger partial charge in [-0.1, -0.05) is 6.92 Å². The van der Waals surface area contributed by atoms with Crippen LogP contribution >= 0.6 is 0 Å². The van der Waals surface area contributed by atoms with Crippen LogP contribution in [0.15, 0.2) is 18.2 Å². The summed E-state index contributed by atoms with van der Waals surface area (Å²) < 4.78 is 18.6. The summed E-state index contributed by atoms with van der Waals surface area (Å²) in [6.07, 6.45) is 0. The first kappa shape index (κ1) is 12.8. The number of amides is 1. The van der Waals surface area contributed by atoms with Gasteiger partial charge in [-0.05, 0) is 24.6 Å². The Kier molecular flexibility index (Phi) is 3.81. The topological polar surface area (TPSA) is 50.4 Å². The van der Waals surface area contributed by atoms with E-state index < -0.39 is 5.82 Å². The Labute approximate surface area is 106 Å². The van der Waals surface area contributed by atoms with Gasteiger partial charge in [-0.25, -0.2) is 4.39 Å². The molecule has 2 atom stereocenters. The molecule has 1 fully saturated rings. The number of nitrogens with one attached hydrogen (secondary N) is 2. The van der Waals surface area contributed by atoms with E-state index in [1.54, 1.807) is 0 Å². The fourth-order valence-electron chi connectivity index (χ4n) is 2.11. The van der Waals surface area contributed by atoms with Gasteiger partial charge in [0.15, 0.2) is 0 Å². The normalized spacial score (nSPS) is 22.8. The first-order valence-corrected chi connectivity index (χ1v) is 5.97. The number of ether oxygens (including phenoxy) is 1. The van der Waals surface area contributed by atoms with Crippen molar-refractivity contribution in [1.29, 1.82) is 0 Å². The van der Waals surface area contributed by atoms with Crippen LogP contribution in [0.5, 0.6) is 5.75 Å². The molecule has 1 amide bonds. The number of hydrogen-bond donors (Lipinski definition) is 2. The first-order chi connectivity index (χ1) is 8.61. The highest BCUT2D eigenvalue weighted by Gasteiger charge is 2.29. The molecule has 1 saturated heterocycles. The SMILES string of the molecule is COc1ccc(F)c(NC(=O)[C@@H]2CNC[C@H]2C)c1. The van der Waals surface area contributed by atoms with E-state index in [0.29, 0.717) is 12.3 Å². The lowest BCUT2D eigenvalue weighted by Crippen LogP contribution is -2.28. The average Bonchev–Trinajstić information content (AvgIpc) is 2.78. The maximum Gasteiger partial charge on any atom is 0.229 e. The Bertz CT molecular complexity index is 451. The number of carbonyl (C=O) groups excluding carboxylic acids is 1. The Morgan fingerprint density at radius 3 is 2.89 bits per heavy atom. The van der Waals surface area contributed by atoms with Crippen LogP contribution < -0.4 is 15.4 Å². The van der Waals surface area contributed by atoms with Gasteiger partial charge in [-0.3, -0.25) is 4.79 Å². The number of carbonyl (C=O) groups is 1. The van der Waals surface area contributed by atoms with Gasteiger partial charge in [-0.2, -0.15) is 0 Å². The Hall–Kier alpha value is -1.62. The zero-order chi connectivity index (χ0) is 13.1. The minimum absolute atomic E-state index is 0.115. The van der Waals surface area contributed by atoms with E-state index in [2.05, 4.69) is 10.6 Å². The summed E-state index contributed by atoms with van der Waals surface area (Å²) in [5, 5.41) is 5.77. The van der Waals surface area contributed by atoms with Crippen molar-refractivity contribution in [2.45, 2.75) is 6.92 Å². The highest BCUT2D eigenvalue weighted by Crippen LogP contribution is 2.23. The van der Waals surface area contributed by atoms with Gasteiger partial charge in [-0.15, -0.1) is 0 Å². The molecular formula is C13H17FN2O2. The van der Waals surface area contributed by atoms with Gasteiger partial charge in [0.1, 0.15) is 11.6 Å². The molecule has 2 N–H and O–H groups in total. The lowest BCUT2D eigenvalue weighted by atomic mass is 9.97. The number of halogens is 1. The molecule has 0 aliphatic carbocycles. The summed E-state index contributed by atoms with van der Waals surface area (Å²) in [4.78, 5) is 12.0. The van der Waals surface area contributed by atoms with Crippen molar-refractivity contribution in [2.75, 3.05) is 25.5 Å². The first-order valence-electron chi connectivity index (χ1n) is 5.97. The lowest BCUT2D eigenvalue weighted by Gasteiger charge is -2.15. The quantitative estimate of drug-likeness (QED) is 0.859. The minimum Gasteiger partial charge on any atom is -0.497 e. The molecule has 4 nitrogen and oxygen atoms in total. The van der Waals surface area contributed by atoms with Crippen LogP contribution in [0.25, 0.3) is 0 Å². The van der Waals surface area contributed by atoms with Crippen LogP contribution in [0, 0.1) is 17.7 Å². The number of methoxy groups -OCH3 is 1. The predicted molar refractivity (Wildman–Crippen MR) is 67.1 cm³/mol. The molecule has 1 aliphatic heterocycles. The van der Waals surface area contributed by atoms with Crippen LogP contribution in [0.4, 0.5) is 10.1 Å². The molecule has 98 valence electrons.